The van der Waals surface area contributed by atoms with Gasteiger partial charge in [0.25, 0.3) is 0 Å². The number of ether oxygens (including phenoxy) is 6. The van der Waals surface area contributed by atoms with Gasteiger partial charge in [-0.15, -0.1) is 0 Å². The van der Waals surface area contributed by atoms with Crippen LogP contribution in [-0.4, -0.2) is 46.3 Å². The summed E-state index contributed by atoms with van der Waals surface area (Å²) in [7, 11) is 7.94. The average Bonchev–Trinajstić information content (AvgIpc) is 2.87. The van der Waals surface area contributed by atoms with Gasteiger partial charge in [-0.2, -0.15) is 0 Å². The van der Waals surface area contributed by atoms with E-state index in [9.17, 15) is 5.11 Å². The Labute approximate surface area is 212 Å². The second-order valence-electron chi connectivity index (χ2n) is 9.21. The summed E-state index contributed by atoms with van der Waals surface area (Å²) in [5, 5.41) is 11.5. The Morgan fingerprint density at radius 3 is 1.81 bits per heavy atom. The Morgan fingerprint density at radius 1 is 0.722 bits per heavy atom. The molecule has 4 rings (SSSR count). The highest BCUT2D eigenvalue weighted by molar-refractivity contribution is 5.88. The van der Waals surface area contributed by atoms with Crippen molar-refractivity contribution >= 4 is 0 Å². The van der Waals surface area contributed by atoms with Crippen molar-refractivity contribution < 1.29 is 33.5 Å². The number of fused-ring (bicyclic) bond motifs is 3. The van der Waals surface area contributed by atoms with Gasteiger partial charge in [-0.1, -0.05) is 25.1 Å². The molecule has 1 aliphatic carbocycles. The Balaban J connectivity index is 2.17. The molecule has 0 aliphatic heterocycles. The molecule has 2 atom stereocenters. The maximum Gasteiger partial charge on any atom is 0.204 e. The third-order valence-corrected chi connectivity index (χ3v) is 6.97. The normalized spacial score (nSPS) is 18.7. The number of benzene rings is 3. The first-order chi connectivity index (χ1) is 17.3. The van der Waals surface area contributed by atoms with Crippen LogP contribution in [0.3, 0.4) is 0 Å². The van der Waals surface area contributed by atoms with Crippen LogP contribution in [0.5, 0.6) is 40.2 Å². The first-order valence-corrected chi connectivity index (χ1v) is 11.8. The third kappa shape index (κ3) is 4.39. The number of hydrogen-bond acceptors (Lipinski definition) is 7. The van der Waals surface area contributed by atoms with E-state index in [2.05, 4.69) is 0 Å². The van der Waals surface area contributed by atoms with E-state index < -0.39 is 5.60 Å². The molecule has 0 saturated heterocycles. The molecule has 0 spiro atoms. The van der Waals surface area contributed by atoms with Gasteiger partial charge in [0.05, 0.1) is 41.2 Å². The van der Waals surface area contributed by atoms with E-state index in [1.165, 1.54) is 0 Å². The molecule has 0 saturated carbocycles. The fourth-order valence-corrected chi connectivity index (χ4v) is 4.88. The second kappa shape index (κ2) is 10.2. The molecule has 3 aromatic carbocycles. The number of hydrogen-bond donors (Lipinski definition) is 1. The minimum atomic E-state index is -0.995. The van der Waals surface area contributed by atoms with E-state index in [0.29, 0.717) is 53.1 Å². The van der Waals surface area contributed by atoms with E-state index in [1.807, 2.05) is 56.3 Å². The molecule has 0 aromatic heterocycles. The molecule has 1 aliphatic rings. The van der Waals surface area contributed by atoms with E-state index in [1.54, 1.807) is 35.5 Å². The molecule has 7 heteroatoms. The molecular formula is C29H34O7. The Hall–Kier alpha value is -3.58. The summed E-state index contributed by atoms with van der Waals surface area (Å²) >= 11 is 0. The molecule has 3 aromatic rings. The topological polar surface area (TPSA) is 75.6 Å². The highest BCUT2D eigenvalue weighted by Gasteiger charge is 2.38. The van der Waals surface area contributed by atoms with Gasteiger partial charge in [0.2, 0.25) is 11.5 Å². The third-order valence-electron chi connectivity index (χ3n) is 6.97. The lowest BCUT2D eigenvalue weighted by molar-refractivity contribution is 0.00628. The summed E-state index contributed by atoms with van der Waals surface area (Å²) in [5.74, 6) is 3.53. The van der Waals surface area contributed by atoms with E-state index in [4.69, 9.17) is 28.4 Å². The van der Waals surface area contributed by atoms with Crippen molar-refractivity contribution in [2.45, 2.75) is 32.3 Å². The van der Waals surface area contributed by atoms with Crippen molar-refractivity contribution in [1.29, 1.82) is 0 Å². The summed E-state index contributed by atoms with van der Waals surface area (Å²) < 4.78 is 35.4. The number of aliphatic hydroxyl groups is 1. The Morgan fingerprint density at radius 2 is 1.25 bits per heavy atom. The molecule has 36 heavy (non-hydrogen) atoms. The van der Waals surface area contributed by atoms with Gasteiger partial charge in [-0.3, -0.25) is 0 Å². The quantitative estimate of drug-likeness (QED) is 0.453. The number of rotatable bonds is 7. The largest absolute Gasteiger partial charge is 0.493 e. The molecule has 0 radical (unpaired) electrons. The van der Waals surface area contributed by atoms with Crippen molar-refractivity contribution in [3.8, 4) is 51.4 Å². The van der Waals surface area contributed by atoms with Crippen molar-refractivity contribution in [3.05, 3.63) is 53.6 Å². The summed E-state index contributed by atoms with van der Waals surface area (Å²) in [4.78, 5) is 0. The van der Waals surface area contributed by atoms with Gasteiger partial charge in [0, 0.05) is 17.5 Å². The van der Waals surface area contributed by atoms with Crippen LogP contribution in [0.15, 0.2) is 42.5 Å². The Kier molecular flexibility index (Phi) is 7.22. The van der Waals surface area contributed by atoms with Gasteiger partial charge < -0.3 is 33.5 Å². The lowest BCUT2D eigenvalue weighted by atomic mass is 9.75. The maximum absolute atomic E-state index is 11.5. The van der Waals surface area contributed by atoms with Crippen LogP contribution in [0.2, 0.25) is 0 Å². The smallest absolute Gasteiger partial charge is 0.204 e. The van der Waals surface area contributed by atoms with Crippen molar-refractivity contribution in [1.82, 2.24) is 0 Å². The molecule has 7 nitrogen and oxygen atoms in total. The molecule has 1 N–H and O–H groups in total. The van der Waals surface area contributed by atoms with Crippen molar-refractivity contribution in [2.24, 2.45) is 5.92 Å². The van der Waals surface area contributed by atoms with Gasteiger partial charge in [0.1, 0.15) is 5.75 Å². The lowest BCUT2D eigenvalue weighted by Crippen LogP contribution is -2.37. The van der Waals surface area contributed by atoms with Crippen molar-refractivity contribution in [2.75, 3.05) is 35.5 Å². The molecule has 0 fully saturated rings. The standard InChI is InChI=1S/C29H34O7/c1-17-13-18-14-21(31-3)26(34-6)28(36-20-11-9-8-10-12-20)23(18)24-19(16-29(17,2)30)15-22(32-4)25(33-5)27(24)35-7/h8-12,14-15,17,30H,13,16H2,1-7H3. The highest BCUT2D eigenvalue weighted by Crippen LogP contribution is 2.56. The zero-order valence-corrected chi connectivity index (χ0v) is 21.9. The van der Waals surface area contributed by atoms with Gasteiger partial charge in [0.15, 0.2) is 23.0 Å². The van der Waals surface area contributed by atoms with Crippen LogP contribution in [0, 0.1) is 5.92 Å². The van der Waals surface area contributed by atoms with Crippen LogP contribution in [-0.2, 0) is 12.8 Å². The highest BCUT2D eigenvalue weighted by atomic mass is 16.5. The van der Waals surface area contributed by atoms with Crippen LogP contribution in [0.4, 0.5) is 0 Å². The van der Waals surface area contributed by atoms with Crippen LogP contribution >= 0.6 is 0 Å². The first kappa shape index (κ1) is 25.5. The Bertz CT molecular complexity index is 1230. The molecular weight excluding hydrogens is 460 g/mol. The number of para-hydroxylation sites is 1. The summed E-state index contributed by atoms with van der Waals surface area (Å²) in [6.07, 6.45) is 0.948. The second-order valence-corrected chi connectivity index (χ2v) is 9.21. The van der Waals surface area contributed by atoms with E-state index in [-0.39, 0.29) is 5.92 Å². The summed E-state index contributed by atoms with van der Waals surface area (Å²) in [6.45, 7) is 3.90. The van der Waals surface area contributed by atoms with Crippen LogP contribution < -0.4 is 28.4 Å². The van der Waals surface area contributed by atoms with Gasteiger partial charge in [-0.05, 0) is 54.7 Å². The van der Waals surface area contributed by atoms with Gasteiger partial charge >= 0.3 is 0 Å². The molecule has 0 bridgehead atoms. The predicted octanol–water partition coefficient (Wildman–Crippen LogP) is 5.67. The van der Waals surface area contributed by atoms with E-state index in [0.717, 1.165) is 22.3 Å². The molecule has 2 unspecified atom stereocenters. The number of methoxy groups -OCH3 is 5. The van der Waals surface area contributed by atoms with Crippen LogP contribution in [0.25, 0.3) is 11.1 Å². The predicted molar refractivity (Wildman–Crippen MR) is 138 cm³/mol. The first-order valence-electron chi connectivity index (χ1n) is 11.8. The lowest BCUT2D eigenvalue weighted by Gasteiger charge is -2.36. The average molecular weight is 495 g/mol. The molecule has 192 valence electrons. The summed E-state index contributed by atoms with van der Waals surface area (Å²) in [6, 6.07) is 13.4. The summed E-state index contributed by atoms with van der Waals surface area (Å²) in [5.41, 5.74) is 2.33. The van der Waals surface area contributed by atoms with Gasteiger partial charge in [-0.25, -0.2) is 0 Å². The van der Waals surface area contributed by atoms with E-state index >= 15 is 0 Å². The zero-order valence-electron chi connectivity index (χ0n) is 21.9. The maximum atomic E-state index is 11.5. The minimum Gasteiger partial charge on any atom is -0.493 e. The SMILES string of the molecule is COc1cc2c(c(OC)c1OC)-c1c(cc(OC)c(OC)c1Oc1ccccc1)CC(C)C(C)(O)C2. The molecule has 0 heterocycles. The van der Waals surface area contributed by atoms with Crippen molar-refractivity contribution in [3.63, 3.8) is 0 Å². The fraction of sp³-hybridized carbons (Fsp3) is 0.379. The van der Waals surface area contributed by atoms with Crippen LogP contribution in [0.1, 0.15) is 25.0 Å². The fourth-order valence-electron chi connectivity index (χ4n) is 4.88. The minimum absolute atomic E-state index is 0.0776. The zero-order chi connectivity index (χ0) is 26.0. The monoisotopic (exact) mass is 494 g/mol. The molecule has 0 amide bonds.